The maximum atomic E-state index is 10.9. The highest BCUT2D eigenvalue weighted by atomic mass is 16.5. The van der Waals surface area contributed by atoms with Crippen molar-refractivity contribution in [1.29, 1.82) is 0 Å². The summed E-state index contributed by atoms with van der Waals surface area (Å²) < 4.78 is 11.1. The summed E-state index contributed by atoms with van der Waals surface area (Å²) in [7, 11) is 1.58. The molecule has 0 spiro atoms. The number of rotatable bonds is 5. The van der Waals surface area contributed by atoms with Crippen molar-refractivity contribution >= 4 is 17.1 Å². The predicted molar refractivity (Wildman–Crippen MR) is 86.7 cm³/mol. The molecule has 0 fully saturated rings. The summed E-state index contributed by atoms with van der Waals surface area (Å²) in [5, 5.41) is 2.38. The van der Waals surface area contributed by atoms with Crippen LogP contribution in [0.2, 0.25) is 0 Å². The lowest BCUT2D eigenvalue weighted by Gasteiger charge is -2.11. The lowest BCUT2D eigenvalue weighted by Crippen LogP contribution is -1.98. The number of aldehydes is 1. The van der Waals surface area contributed by atoms with Gasteiger partial charge in [0.2, 0.25) is 0 Å². The van der Waals surface area contributed by atoms with E-state index >= 15 is 0 Å². The zero-order valence-electron chi connectivity index (χ0n) is 12.3. The monoisotopic (exact) mass is 292 g/mol. The maximum absolute atomic E-state index is 10.9. The first-order chi connectivity index (χ1) is 10.8. The third-order valence-electron chi connectivity index (χ3n) is 3.53. The molecule has 0 amide bonds. The molecule has 0 heterocycles. The molecule has 22 heavy (non-hydrogen) atoms. The first-order valence-electron chi connectivity index (χ1n) is 7.04. The summed E-state index contributed by atoms with van der Waals surface area (Å²) in [4.78, 5) is 10.9. The Morgan fingerprint density at radius 3 is 2.50 bits per heavy atom. The van der Waals surface area contributed by atoms with Crippen LogP contribution < -0.4 is 9.47 Å². The van der Waals surface area contributed by atoms with E-state index in [1.54, 1.807) is 25.3 Å². The standard InChI is InChI=1S/C19H16O3/c1-21-18-9-7-14(12-20)11-19(18)22-13-15-6-8-16-4-2-3-5-17(16)10-15/h2-12H,13H2,1H3. The van der Waals surface area contributed by atoms with Gasteiger partial charge in [0.05, 0.1) is 7.11 Å². The molecule has 0 bridgehead atoms. The lowest BCUT2D eigenvalue weighted by molar-refractivity contribution is 0.112. The molecule has 3 aromatic carbocycles. The average Bonchev–Trinajstić information content (AvgIpc) is 2.59. The van der Waals surface area contributed by atoms with Gasteiger partial charge in [-0.25, -0.2) is 0 Å². The smallest absolute Gasteiger partial charge is 0.162 e. The van der Waals surface area contributed by atoms with E-state index < -0.39 is 0 Å². The van der Waals surface area contributed by atoms with E-state index in [1.165, 1.54) is 10.8 Å². The lowest BCUT2D eigenvalue weighted by atomic mass is 10.1. The number of benzene rings is 3. The van der Waals surface area contributed by atoms with E-state index in [4.69, 9.17) is 9.47 Å². The number of ether oxygens (including phenoxy) is 2. The summed E-state index contributed by atoms with van der Waals surface area (Å²) in [6.45, 7) is 0.420. The fraction of sp³-hybridized carbons (Fsp3) is 0.105. The zero-order valence-corrected chi connectivity index (χ0v) is 12.3. The minimum atomic E-state index is 0.420. The molecule has 0 saturated heterocycles. The van der Waals surface area contributed by atoms with Gasteiger partial charge < -0.3 is 9.47 Å². The number of fused-ring (bicyclic) bond motifs is 1. The Morgan fingerprint density at radius 2 is 1.73 bits per heavy atom. The molecule has 0 radical (unpaired) electrons. The van der Waals surface area contributed by atoms with Crippen LogP contribution in [0.3, 0.4) is 0 Å². The Bertz CT molecular complexity index is 809. The minimum Gasteiger partial charge on any atom is -0.493 e. The summed E-state index contributed by atoms with van der Waals surface area (Å²) in [6, 6.07) is 19.5. The molecular weight excluding hydrogens is 276 g/mol. The van der Waals surface area contributed by atoms with Crippen LogP contribution in [0.1, 0.15) is 15.9 Å². The van der Waals surface area contributed by atoms with E-state index in [9.17, 15) is 4.79 Å². The van der Waals surface area contributed by atoms with Gasteiger partial charge in [0.15, 0.2) is 11.5 Å². The second-order valence-electron chi connectivity index (χ2n) is 5.00. The van der Waals surface area contributed by atoms with Gasteiger partial charge in [0.1, 0.15) is 12.9 Å². The molecule has 3 heteroatoms. The fourth-order valence-corrected chi connectivity index (χ4v) is 2.37. The average molecular weight is 292 g/mol. The summed E-state index contributed by atoms with van der Waals surface area (Å²) in [6.07, 6.45) is 0.794. The first kappa shape index (κ1) is 14.1. The van der Waals surface area contributed by atoms with Crippen molar-refractivity contribution in [3.8, 4) is 11.5 Å². The van der Waals surface area contributed by atoms with Crippen LogP contribution in [0.4, 0.5) is 0 Å². The predicted octanol–water partition coefficient (Wildman–Crippen LogP) is 4.24. The molecule has 0 aliphatic rings. The van der Waals surface area contributed by atoms with Crippen molar-refractivity contribution < 1.29 is 14.3 Å². The normalized spacial score (nSPS) is 10.4. The quantitative estimate of drug-likeness (QED) is 0.660. The molecule has 0 aliphatic carbocycles. The maximum Gasteiger partial charge on any atom is 0.162 e. The fourth-order valence-electron chi connectivity index (χ4n) is 2.37. The number of methoxy groups -OCH3 is 1. The van der Waals surface area contributed by atoms with Gasteiger partial charge in [0, 0.05) is 5.56 Å². The Kier molecular flexibility index (Phi) is 4.05. The molecular formula is C19H16O3. The van der Waals surface area contributed by atoms with E-state index in [-0.39, 0.29) is 0 Å². The van der Waals surface area contributed by atoms with E-state index in [1.807, 2.05) is 18.2 Å². The third kappa shape index (κ3) is 2.93. The Labute approximate surface area is 129 Å². The Balaban J connectivity index is 1.82. The number of carbonyl (C=O) groups is 1. The molecule has 3 rings (SSSR count). The van der Waals surface area contributed by atoms with Crippen LogP contribution in [0.5, 0.6) is 11.5 Å². The van der Waals surface area contributed by atoms with Gasteiger partial charge in [-0.05, 0) is 40.6 Å². The second kappa shape index (κ2) is 6.31. The second-order valence-corrected chi connectivity index (χ2v) is 5.00. The number of hydrogen-bond acceptors (Lipinski definition) is 3. The topological polar surface area (TPSA) is 35.5 Å². The number of hydrogen-bond donors (Lipinski definition) is 0. The molecule has 0 atom stereocenters. The summed E-state index contributed by atoms with van der Waals surface area (Å²) in [5.41, 5.74) is 1.63. The highest BCUT2D eigenvalue weighted by Gasteiger charge is 2.06. The van der Waals surface area contributed by atoms with Crippen LogP contribution in [-0.4, -0.2) is 13.4 Å². The van der Waals surface area contributed by atoms with Crippen molar-refractivity contribution in [1.82, 2.24) is 0 Å². The highest BCUT2D eigenvalue weighted by molar-refractivity contribution is 5.83. The van der Waals surface area contributed by atoms with Crippen molar-refractivity contribution in [2.75, 3.05) is 7.11 Å². The van der Waals surface area contributed by atoms with Crippen LogP contribution in [-0.2, 0) is 6.61 Å². The van der Waals surface area contributed by atoms with Gasteiger partial charge in [-0.1, -0.05) is 36.4 Å². The van der Waals surface area contributed by atoms with Gasteiger partial charge in [-0.3, -0.25) is 4.79 Å². The first-order valence-corrected chi connectivity index (χ1v) is 7.04. The molecule has 0 unspecified atom stereocenters. The Morgan fingerprint density at radius 1 is 0.909 bits per heavy atom. The van der Waals surface area contributed by atoms with Crippen LogP contribution in [0.25, 0.3) is 10.8 Å². The Hall–Kier alpha value is -2.81. The highest BCUT2D eigenvalue weighted by Crippen LogP contribution is 2.28. The van der Waals surface area contributed by atoms with Crippen molar-refractivity contribution in [2.45, 2.75) is 6.61 Å². The molecule has 0 saturated carbocycles. The SMILES string of the molecule is COc1ccc(C=O)cc1OCc1ccc2ccccc2c1. The molecule has 110 valence electrons. The molecule has 0 N–H and O–H groups in total. The number of carbonyl (C=O) groups excluding carboxylic acids is 1. The largest absolute Gasteiger partial charge is 0.493 e. The van der Waals surface area contributed by atoms with Crippen molar-refractivity contribution in [2.24, 2.45) is 0 Å². The molecule has 0 aromatic heterocycles. The summed E-state index contributed by atoms with van der Waals surface area (Å²) in [5.74, 6) is 1.19. The van der Waals surface area contributed by atoms with E-state index in [0.717, 1.165) is 11.8 Å². The molecule has 3 aromatic rings. The van der Waals surface area contributed by atoms with E-state index in [0.29, 0.717) is 23.7 Å². The van der Waals surface area contributed by atoms with E-state index in [2.05, 4.69) is 24.3 Å². The van der Waals surface area contributed by atoms with Crippen LogP contribution in [0.15, 0.2) is 60.7 Å². The van der Waals surface area contributed by atoms with Gasteiger partial charge in [-0.15, -0.1) is 0 Å². The molecule has 3 nitrogen and oxygen atoms in total. The van der Waals surface area contributed by atoms with Crippen molar-refractivity contribution in [3.05, 3.63) is 71.8 Å². The zero-order chi connectivity index (χ0) is 15.4. The third-order valence-corrected chi connectivity index (χ3v) is 3.53. The van der Waals surface area contributed by atoms with Crippen LogP contribution in [0, 0.1) is 0 Å². The molecule has 0 aliphatic heterocycles. The minimum absolute atomic E-state index is 0.420. The van der Waals surface area contributed by atoms with Gasteiger partial charge in [-0.2, -0.15) is 0 Å². The van der Waals surface area contributed by atoms with Gasteiger partial charge >= 0.3 is 0 Å². The van der Waals surface area contributed by atoms with Crippen LogP contribution >= 0.6 is 0 Å². The van der Waals surface area contributed by atoms with Gasteiger partial charge in [0.25, 0.3) is 0 Å². The van der Waals surface area contributed by atoms with Crippen molar-refractivity contribution in [3.63, 3.8) is 0 Å². The summed E-state index contributed by atoms with van der Waals surface area (Å²) >= 11 is 0.